The van der Waals surface area contributed by atoms with E-state index in [0.717, 1.165) is 0 Å². The molecule has 0 aliphatic heterocycles. The minimum atomic E-state index is -8.79. The van der Waals surface area contributed by atoms with Crippen LogP contribution in [0.2, 0.25) is 0 Å². The number of hydrogen-bond donors (Lipinski definition) is 0. The number of halogens is 17. The Balaban J connectivity index is 7.42. The van der Waals surface area contributed by atoms with E-state index in [2.05, 4.69) is 0 Å². The van der Waals surface area contributed by atoms with E-state index in [4.69, 9.17) is 0 Å². The highest BCUT2D eigenvalue weighted by atomic mass is 19.4. The molecule has 0 bridgehead atoms. The van der Waals surface area contributed by atoms with Crippen molar-refractivity contribution in [3.63, 3.8) is 0 Å². The molecule has 0 rings (SSSR count). The summed E-state index contributed by atoms with van der Waals surface area (Å²) in [5.41, 5.74) is -16.9. The van der Waals surface area contributed by atoms with Crippen LogP contribution in [0.3, 0.4) is 0 Å². The molecular formula is C8HF17. The van der Waals surface area contributed by atoms with E-state index in [1.165, 1.54) is 0 Å². The van der Waals surface area contributed by atoms with Gasteiger partial charge >= 0.3 is 41.7 Å². The van der Waals surface area contributed by atoms with Crippen LogP contribution in [0.1, 0.15) is 0 Å². The second kappa shape index (κ2) is 5.65. The van der Waals surface area contributed by atoms with Crippen LogP contribution in [-0.2, 0) is 0 Å². The Kier molecular flexibility index (Phi) is 5.38. The van der Waals surface area contributed by atoms with Crippen LogP contribution >= 0.6 is 0 Å². The van der Waals surface area contributed by atoms with Crippen LogP contribution < -0.4 is 0 Å². The van der Waals surface area contributed by atoms with Crippen molar-refractivity contribution in [3.05, 3.63) is 0 Å². The van der Waals surface area contributed by atoms with Crippen molar-refractivity contribution in [1.29, 1.82) is 0 Å². The molecule has 17 heteroatoms. The first-order chi connectivity index (χ1) is 10.4. The molecule has 0 saturated heterocycles. The SMILES string of the molecule is FC(F)C(F)(C(F)(F)F)C(F)(F)C(C(F)(F)F)(C(F)(F)F)C(F)(F)F. The fourth-order valence-corrected chi connectivity index (χ4v) is 1.73. The van der Waals surface area contributed by atoms with Crippen LogP contribution in [0.5, 0.6) is 0 Å². The van der Waals surface area contributed by atoms with Crippen molar-refractivity contribution < 1.29 is 74.6 Å². The summed E-state index contributed by atoms with van der Waals surface area (Å²) in [6.45, 7) is 0. The van der Waals surface area contributed by atoms with Crippen LogP contribution in [-0.4, -0.2) is 42.7 Å². The second-order valence-electron chi connectivity index (χ2n) is 4.33. The monoisotopic (exact) mass is 420 g/mol. The zero-order valence-electron chi connectivity index (χ0n) is 10.5. The van der Waals surface area contributed by atoms with Gasteiger partial charge in [-0.3, -0.25) is 0 Å². The molecule has 1 unspecified atom stereocenters. The zero-order chi connectivity index (χ0) is 21.1. The molecule has 25 heavy (non-hydrogen) atoms. The van der Waals surface area contributed by atoms with Gasteiger partial charge < -0.3 is 0 Å². The largest absolute Gasteiger partial charge is 0.434 e. The summed E-state index contributed by atoms with van der Waals surface area (Å²) in [4.78, 5) is 0. The maximum absolute atomic E-state index is 13.3. The topological polar surface area (TPSA) is 0 Å². The van der Waals surface area contributed by atoms with E-state index in [1.807, 2.05) is 0 Å². The van der Waals surface area contributed by atoms with Gasteiger partial charge in [0.2, 0.25) is 0 Å². The Morgan fingerprint density at radius 3 is 0.760 bits per heavy atom. The van der Waals surface area contributed by atoms with Gasteiger partial charge in [-0.1, -0.05) is 0 Å². The van der Waals surface area contributed by atoms with Gasteiger partial charge in [0.25, 0.3) is 6.43 Å². The van der Waals surface area contributed by atoms with E-state index in [1.54, 1.807) is 0 Å². The highest BCUT2D eigenvalue weighted by Crippen LogP contribution is 2.71. The summed E-state index contributed by atoms with van der Waals surface area (Å²) in [6.07, 6.45) is -39.6. The molecule has 152 valence electrons. The molecule has 0 aliphatic rings. The highest BCUT2D eigenvalue weighted by Gasteiger charge is 3.00. The molecule has 0 saturated carbocycles. The summed E-state index contributed by atoms with van der Waals surface area (Å²) in [5.74, 6) is -8.79. The van der Waals surface area contributed by atoms with Crippen molar-refractivity contribution in [1.82, 2.24) is 0 Å². The van der Waals surface area contributed by atoms with E-state index < -0.39 is 48.1 Å². The Morgan fingerprint density at radius 1 is 0.400 bits per heavy atom. The molecule has 0 nitrogen and oxygen atoms in total. The van der Waals surface area contributed by atoms with Gasteiger partial charge in [-0.2, -0.15) is 52.7 Å². The van der Waals surface area contributed by atoms with Crippen LogP contribution in [0, 0.1) is 5.41 Å². The fraction of sp³-hybridized carbons (Fsp3) is 1.00. The van der Waals surface area contributed by atoms with Gasteiger partial charge in [0.15, 0.2) is 0 Å². The average molecular weight is 420 g/mol. The van der Waals surface area contributed by atoms with Crippen molar-refractivity contribution in [2.45, 2.75) is 42.7 Å². The van der Waals surface area contributed by atoms with Gasteiger partial charge in [0.05, 0.1) is 0 Å². The first-order valence-corrected chi connectivity index (χ1v) is 5.06. The molecule has 0 N–H and O–H groups in total. The van der Waals surface area contributed by atoms with E-state index in [0.29, 0.717) is 0 Å². The predicted molar refractivity (Wildman–Crippen MR) is 41.4 cm³/mol. The normalized spacial score (nSPS) is 18.5. The smallest absolute Gasteiger partial charge is 0.220 e. The van der Waals surface area contributed by atoms with Crippen molar-refractivity contribution in [2.24, 2.45) is 5.41 Å². The van der Waals surface area contributed by atoms with Crippen LogP contribution in [0.4, 0.5) is 74.6 Å². The van der Waals surface area contributed by atoms with Gasteiger partial charge in [-0.05, 0) is 0 Å². The molecular weight excluding hydrogens is 419 g/mol. The molecule has 0 heterocycles. The molecule has 0 fully saturated rings. The molecule has 0 aromatic carbocycles. The minimum Gasteiger partial charge on any atom is -0.220 e. The molecule has 0 aliphatic carbocycles. The molecule has 0 amide bonds. The Morgan fingerprint density at radius 2 is 0.640 bits per heavy atom. The van der Waals surface area contributed by atoms with Gasteiger partial charge in [0.1, 0.15) is 0 Å². The predicted octanol–water partition coefficient (Wildman–Crippen LogP) is 5.83. The van der Waals surface area contributed by atoms with Crippen molar-refractivity contribution in [3.8, 4) is 0 Å². The molecule has 0 aromatic heterocycles. The zero-order valence-corrected chi connectivity index (χ0v) is 10.5. The number of hydrogen-bond acceptors (Lipinski definition) is 0. The van der Waals surface area contributed by atoms with Gasteiger partial charge in [0, 0.05) is 0 Å². The van der Waals surface area contributed by atoms with Crippen molar-refractivity contribution >= 4 is 0 Å². The third-order valence-corrected chi connectivity index (χ3v) is 2.92. The Bertz CT molecular complexity index is 435. The lowest BCUT2D eigenvalue weighted by atomic mass is 9.71. The first kappa shape index (κ1) is 23.8. The third kappa shape index (κ3) is 2.86. The summed E-state index contributed by atoms with van der Waals surface area (Å²) >= 11 is 0. The number of alkyl halides is 17. The lowest BCUT2D eigenvalue weighted by molar-refractivity contribution is -0.505. The van der Waals surface area contributed by atoms with E-state index >= 15 is 0 Å². The van der Waals surface area contributed by atoms with Gasteiger partial charge in [-0.15, -0.1) is 0 Å². The van der Waals surface area contributed by atoms with Crippen LogP contribution in [0.15, 0.2) is 0 Å². The van der Waals surface area contributed by atoms with Gasteiger partial charge in [-0.25, -0.2) is 22.0 Å². The Labute approximate surface area is 124 Å². The highest BCUT2D eigenvalue weighted by molar-refractivity contribution is 5.18. The first-order valence-electron chi connectivity index (χ1n) is 5.06. The quantitative estimate of drug-likeness (QED) is 0.505. The minimum absolute atomic E-state index is 6.44. The maximum atomic E-state index is 13.3. The second-order valence-corrected chi connectivity index (χ2v) is 4.33. The molecule has 0 spiro atoms. The third-order valence-electron chi connectivity index (χ3n) is 2.92. The summed E-state index contributed by atoms with van der Waals surface area (Å²) in [7, 11) is 0. The molecule has 0 radical (unpaired) electrons. The summed E-state index contributed by atoms with van der Waals surface area (Å²) < 4.78 is 211. The fourth-order valence-electron chi connectivity index (χ4n) is 1.73. The lowest BCUT2D eigenvalue weighted by Crippen LogP contribution is -2.78. The summed E-state index contributed by atoms with van der Waals surface area (Å²) in [6, 6.07) is 0. The molecule has 1 atom stereocenters. The standard InChI is InChI=1S/C8HF17/c9-1(10)2(11,5(14,15)16)4(12,13)3(6(17,18)19,7(20,21)22)8(23,24)25/h1H. The average Bonchev–Trinajstić information content (AvgIpc) is 2.18. The van der Waals surface area contributed by atoms with E-state index in [-0.39, 0.29) is 0 Å². The van der Waals surface area contributed by atoms with E-state index in [9.17, 15) is 74.6 Å². The maximum Gasteiger partial charge on any atom is 0.434 e. The lowest BCUT2D eigenvalue weighted by Gasteiger charge is -2.47. The summed E-state index contributed by atoms with van der Waals surface area (Å²) in [5, 5.41) is 0. The number of rotatable bonds is 3. The van der Waals surface area contributed by atoms with Crippen molar-refractivity contribution in [2.75, 3.05) is 0 Å². The Hall–Kier alpha value is -1.19. The van der Waals surface area contributed by atoms with Crippen LogP contribution in [0.25, 0.3) is 0 Å². The molecule has 0 aromatic rings.